The van der Waals surface area contributed by atoms with E-state index < -0.39 is 5.82 Å². The predicted molar refractivity (Wildman–Crippen MR) is 49.4 cm³/mol. The van der Waals surface area contributed by atoms with E-state index in [2.05, 4.69) is 9.68 Å². The van der Waals surface area contributed by atoms with Crippen LogP contribution in [0.25, 0.3) is 11.0 Å². The van der Waals surface area contributed by atoms with Gasteiger partial charge < -0.3 is 4.52 Å². The normalized spacial score (nSPS) is 10.8. The Morgan fingerprint density at radius 2 is 2.21 bits per heavy atom. The number of aromatic nitrogens is 1. The van der Waals surface area contributed by atoms with Gasteiger partial charge in [0.15, 0.2) is 22.8 Å². The molecule has 1 heterocycles. The van der Waals surface area contributed by atoms with E-state index in [9.17, 15) is 9.18 Å². The van der Waals surface area contributed by atoms with Crippen LogP contribution in [0.4, 0.5) is 4.39 Å². The fourth-order valence-corrected chi connectivity index (χ4v) is 1.51. The van der Waals surface area contributed by atoms with Gasteiger partial charge in [0.1, 0.15) is 5.02 Å². The van der Waals surface area contributed by atoms with Crippen LogP contribution < -0.4 is 0 Å². The lowest BCUT2D eigenvalue weighted by atomic mass is 10.2. The molecule has 14 heavy (non-hydrogen) atoms. The minimum Gasteiger partial charge on any atom is -0.353 e. The lowest BCUT2D eigenvalue weighted by Crippen LogP contribution is -1.88. The van der Waals surface area contributed by atoms with Crippen LogP contribution in [0.5, 0.6) is 0 Å². The van der Waals surface area contributed by atoms with Crippen molar-refractivity contribution in [3.63, 3.8) is 0 Å². The van der Waals surface area contributed by atoms with E-state index in [1.165, 1.54) is 6.07 Å². The van der Waals surface area contributed by atoms with Crippen molar-refractivity contribution >= 4 is 40.5 Å². The summed E-state index contributed by atoms with van der Waals surface area (Å²) >= 11 is 11.2. The molecule has 0 radical (unpaired) electrons. The van der Waals surface area contributed by atoms with Crippen LogP contribution in [-0.2, 0) is 0 Å². The number of nitrogens with zero attached hydrogens (tertiary/aromatic N) is 1. The standard InChI is InChI=1S/C8H2Cl2FNO2/c9-5-6(11)3(2-13)1-4-7(5)14-12-8(4)10/h1-2H. The van der Waals surface area contributed by atoms with E-state index in [-0.39, 0.29) is 21.3 Å². The van der Waals surface area contributed by atoms with Gasteiger partial charge in [0.05, 0.1) is 10.9 Å². The zero-order valence-electron chi connectivity index (χ0n) is 6.55. The lowest BCUT2D eigenvalue weighted by molar-refractivity contribution is 0.112. The van der Waals surface area contributed by atoms with Gasteiger partial charge in [-0.25, -0.2) is 4.39 Å². The molecule has 2 aromatic rings. The molecule has 0 unspecified atom stereocenters. The van der Waals surface area contributed by atoms with Crippen LogP contribution in [-0.4, -0.2) is 11.4 Å². The van der Waals surface area contributed by atoms with Crippen LogP contribution in [0, 0.1) is 5.82 Å². The molecule has 0 amide bonds. The Hall–Kier alpha value is -1.13. The van der Waals surface area contributed by atoms with Crippen molar-refractivity contribution in [1.82, 2.24) is 5.16 Å². The molecule has 0 saturated heterocycles. The van der Waals surface area contributed by atoms with Crippen molar-refractivity contribution in [2.75, 3.05) is 0 Å². The second-order valence-corrected chi connectivity index (χ2v) is 3.30. The Balaban J connectivity index is 2.94. The molecule has 1 aromatic heterocycles. The molecule has 0 atom stereocenters. The molecular weight excluding hydrogens is 232 g/mol. The number of hydrogen-bond donors (Lipinski definition) is 0. The van der Waals surface area contributed by atoms with Gasteiger partial charge in [0.2, 0.25) is 0 Å². The molecule has 0 aliphatic carbocycles. The Morgan fingerprint density at radius 3 is 2.86 bits per heavy atom. The highest BCUT2D eigenvalue weighted by molar-refractivity contribution is 6.38. The van der Waals surface area contributed by atoms with Crippen molar-refractivity contribution in [3.8, 4) is 0 Å². The minimum absolute atomic E-state index is 0.0415. The third kappa shape index (κ3) is 1.19. The topological polar surface area (TPSA) is 43.1 Å². The van der Waals surface area contributed by atoms with Gasteiger partial charge in [-0.05, 0) is 6.07 Å². The fraction of sp³-hybridized carbons (Fsp3) is 0. The third-order valence-electron chi connectivity index (χ3n) is 1.76. The second-order valence-electron chi connectivity index (χ2n) is 2.56. The summed E-state index contributed by atoms with van der Waals surface area (Å²) < 4.78 is 17.9. The molecular formula is C8H2Cl2FNO2. The number of rotatable bonds is 1. The summed E-state index contributed by atoms with van der Waals surface area (Å²) in [5, 5.41) is 3.47. The van der Waals surface area contributed by atoms with E-state index in [1.807, 2.05) is 0 Å². The molecule has 6 heteroatoms. The molecule has 2 rings (SSSR count). The van der Waals surface area contributed by atoms with Crippen LogP contribution >= 0.6 is 23.2 Å². The summed E-state index contributed by atoms with van der Waals surface area (Å²) in [6, 6.07) is 1.24. The minimum atomic E-state index is -0.831. The maximum absolute atomic E-state index is 13.2. The lowest BCUT2D eigenvalue weighted by Gasteiger charge is -1.97. The predicted octanol–water partition coefficient (Wildman–Crippen LogP) is 3.09. The maximum Gasteiger partial charge on any atom is 0.190 e. The van der Waals surface area contributed by atoms with Crippen molar-refractivity contribution in [2.24, 2.45) is 0 Å². The van der Waals surface area contributed by atoms with Gasteiger partial charge in [-0.1, -0.05) is 28.4 Å². The van der Waals surface area contributed by atoms with Gasteiger partial charge in [-0.15, -0.1) is 0 Å². The smallest absolute Gasteiger partial charge is 0.190 e. The van der Waals surface area contributed by atoms with E-state index in [0.29, 0.717) is 11.7 Å². The fourth-order valence-electron chi connectivity index (χ4n) is 1.09. The van der Waals surface area contributed by atoms with E-state index >= 15 is 0 Å². The highest BCUT2D eigenvalue weighted by Gasteiger charge is 2.17. The first-order valence-corrected chi connectivity index (χ1v) is 4.28. The van der Waals surface area contributed by atoms with E-state index in [1.54, 1.807) is 0 Å². The van der Waals surface area contributed by atoms with Gasteiger partial charge in [0.25, 0.3) is 0 Å². The van der Waals surface area contributed by atoms with Crippen molar-refractivity contribution in [2.45, 2.75) is 0 Å². The van der Waals surface area contributed by atoms with Crippen LogP contribution in [0.2, 0.25) is 10.2 Å². The van der Waals surface area contributed by atoms with Crippen LogP contribution in [0.3, 0.4) is 0 Å². The van der Waals surface area contributed by atoms with Crippen LogP contribution in [0.15, 0.2) is 10.6 Å². The molecule has 0 fully saturated rings. The molecule has 72 valence electrons. The molecule has 0 spiro atoms. The first kappa shape index (κ1) is 9.43. The Morgan fingerprint density at radius 1 is 1.50 bits per heavy atom. The summed E-state index contributed by atoms with van der Waals surface area (Å²) in [5.74, 6) is -0.831. The molecule has 0 aliphatic rings. The molecule has 0 aliphatic heterocycles. The Kier molecular flexibility index (Phi) is 2.17. The first-order valence-electron chi connectivity index (χ1n) is 3.53. The number of carbonyl (C=O) groups is 1. The number of hydrogen-bond acceptors (Lipinski definition) is 3. The first-order chi connectivity index (χ1) is 6.65. The summed E-state index contributed by atoms with van der Waals surface area (Å²) in [5.41, 5.74) is -0.132. The van der Waals surface area contributed by atoms with Crippen molar-refractivity contribution < 1.29 is 13.7 Å². The largest absolute Gasteiger partial charge is 0.353 e. The average molecular weight is 234 g/mol. The molecule has 0 saturated carbocycles. The quantitative estimate of drug-likeness (QED) is 0.712. The van der Waals surface area contributed by atoms with E-state index in [4.69, 9.17) is 23.2 Å². The van der Waals surface area contributed by atoms with Gasteiger partial charge in [-0.2, -0.15) is 0 Å². The van der Waals surface area contributed by atoms with E-state index in [0.717, 1.165) is 0 Å². The maximum atomic E-state index is 13.2. The zero-order valence-corrected chi connectivity index (χ0v) is 8.06. The average Bonchev–Trinajstić information content (AvgIpc) is 2.54. The Bertz CT molecular complexity index is 524. The van der Waals surface area contributed by atoms with Gasteiger partial charge in [-0.3, -0.25) is 4.79 Å². The summed E-state index contributed by atoms with van der Waals surface area (Å²) in [7, 11) is 0. The monoisotopic (exact) mass is 233 g/mol. The van der Waals surface area contributed by atoms with Crippen molar-refractivity contribution in [3.05, 3.63) is 27.6 Å². The molecule has 3 nitrogen and oxygen atoms in total. The van der Waals surface area contributed by atoms with Gasteiger partial charge in [0, 0.05) is 0 Å². The summed E-state index contributed by atoms with van der Waals surface area (Å²) in [6.07, 6.45) is 0.351. The molecule has 0 N–H and O–H groups in total. The van der Waals surface area contributed by atoms with Gasteiger partial charge >= 0.3 is 0 Å². The second kappa shape index (κ2) is 3.22. The zero-order chi connectivity index (χ0) is 10.3. The number of carbonyl (C=O) groups excluding carboxylic acids is 1. The number of fused-ring (bicyclic) bond motifs is 1. The van der Waals surface area contributed by atoms with Crippen LogP contribution in [0.1, 0.15) is 10.4 Å². The molecule has 0 bridgehead atoms. The number of aldehydes is 1. The van der Waals surface area contributed by atoms with Crippen molar-refractivity contribution in [1.29, 1.82) is 0 Å². The summed E-state index contributed by atoms with van der Waals surface area (Å²) in [4.78, 5) is 10.5. The summed E-state index contributed by atoms with van der Waals surface area (Å²) in [6.45, 7) is 0. The highest BCUT2D eigenvalue weighted by Crippen LogP contribution is 2.32. The highest BCUT2D eigenvalue weighted by atomic mass is 35.5. The Labute approximate surface area is 87.4 Å². The molecule has 1 aromatic carbocycles. The SMILES string of the molecule is O=Cc1cc2c(Cl)noc2c(Cl)c1F. The number of benzene rings is 1. The third-order valence-corrected chi connectivity index (χ3v) is 2.37. The number of halogens is 3.